The van der Waals surface area contributed by atoms with Gasteiger partial charge in [-0.15, -0.1) is 0 Å². The van der Waals surface area contributed by atoms with Crippen molar-refractivity contribution in [1.82, 2.24) is 15.5 Å². The molecule has 1 aliphatic rings. The van der Waals surface area contributed by atoms with Gasteiger partial charge >= 0.3 is 0 Å². The van der Waals surface area contributed by atoms with E-state index in [1.807, 2.05) is 0 Å². The van der Waals surface area contributed by atoms with E-state index in [1.54, 1.807) is 0 Å². The summed E-state index contributed by atoms with van der Waals surface area (Å²) in [5.74, 6) is 1.95. The Morgan fingerprint density at radius 1 is 1.29 bits per heavy atom. The van der Waals surface area contributed by atoms with Gasteiger partial charge in [-0.3, -0.25) is 0 Å². The number of aromatic nitrogens is 2. The Labute approximate surface area is 100 Å². The van der Waals surface area contributed by atoms with Crippen molar-refractivity contribution < 1.29 is 4.52 Å². The van der Waals surface area contributed by atoms with Gasteiger partial charge in [0.2, 0.25) is 5.89 Å². The highest BCUT2D eigenvalue weighted by Crippen LogP contribution is 2.18. The SMILES string of the molecule is Cc1ccc(Cc2noc(C3CNC3)n2)cc1. The zero-order valence-electron chi connectivity index (χ0n) is 9.81. The normalized spacial score (nSPS) is 15.8. The van der Waals surface area contributed by atoms with Crippen LogP contribution in [0.5, 0.6) is 0 Å². The number of hydrogen-bond donors (Lipinski definition) is 1. The fourth-order valence-corrected chi connectivity index (χ4v) is 1.86. The smallest absolute Gasteiger partial charge is 0.232 e. The summed E-state index contributed by atoms with van der Waals surface area (Å²) < 4.78 is 5.26. The molecule has 2 heterocycles. The van der Waals surface area contributed by atoms with E-state index in [9.17, 15) is 0 Å². The molecule has 88 valence electrons. The van der Waals surface area contributed by atoms with Gasteiger partial charge in [0.25, 0.3) is 0 Å². The van der Waals surface area contributed by atoms with E-state index in [2.05, 4.69) is 46.6 Å². The second-order valence-electron chi connectivity index (χ2n) is 4.57. The molecule has 1 aliphatic heterocycles. The molecule has 0 aliphatic carbocycles. The Morgan fingerprint density at radius 3 is 2.71 bits per heavy atom. The summed E-state index contributed by atoms with van der Waals surface area (Å²) in [7, 11) is 0. The van der Waals surface area contributed by atoms with Gasteiger partial charge in [-0.05, 0) is 12.5 Å². The molecule has 1 saturated heterocycles. The van der Waals surface area contributed by atoms with Gasteiger partial charge in [-0.1, -0.05) is 35.0 Å². The quantitative estimate of drug-likeness (QED) is 0.869. The number of benzene rings is 1. The summed E-state index contributed by atoms with van der Waals surface area (Å²) >= 11 is 0. The van der Waals surface area contributed by atoms with E-state index in [4.69, 9.17) is 4.52 Å². The number of hydrogen-bond acceptors (Lipinski definition) is 4. The van der Waals surface area contributed by atoms with Crippen LogP contribution in [0.4, 0.5) is 0 Å². The van der Waals surface area contributed by atoms with Crippen LogP contribution in [0.25, 0.3) is 0 Å². The van der Waals surface area contributed by atoms with Crippen molar-refractivity contribution in [2.45, 2.75) is 19.3 Å². The topological polar surface area (TPSA) is 51.0 Å². The van der Waals surface area contributed by atoms with E-state index in [-0.39, 0.29) is 0 Å². The maximum atomic E-state index is 5.26. The Bertz CT molecular complexity index is 500. The maximum Gasteiger partial charge on any atom is 0.232 e. The minimum atomic E-state index is 0.411. The van der Waals surface area contributed by atoms with Crippen LogP contribution in [0.1, 0.15) is 28.8 Å². The Balaban J connectivity index is 1.72. The summed E-state index contributed by atoms with van der Waals surface area (Å²) in [6.07, 6.45) is 0.740. The standard InChI is InChI=1S/C13H15N3O/c1-9-2-4-10(5-3-9)6-12-15-13(17-16-12)11-7-14-8-11/h2-5,11,14H,6-8H2,1H3. The molecule has 2 aromatic rings. The molecule has 1 aromatic carbocycles. The van der Waals surface area contributed by atoms with Gasteiger partial charge in [-0.2, -0.15) is 4.98 Å². The van der Waals surface area contributed by atoms with Crippen molar-refractivity contribution in [2.24, 2.45) is 0 Å². The highest BCUT2D eigenvalue weighted by atomic mass is 16.5. The van der Waals surface area contributed by atoms with Crippen molar-refractivity contribution in [2.75, 3.05) is 13.1 Å². The van der Waals surface area contributed by atoms with Gasteiger partial charge in [0.05, 0.1) is 5.92 Å². The summed E-state index contributed by atoms with van der Waals surface area (Å²) in [6, 6.07) is 8.42. The van der Waals surface area contributed by atoms with Crippen LogP contribution in [0.3, 0.4) is 0 Å². The number of aryl methyl sites for hydroxylation is 1. The third-order valence-corrected chi connectivity index (χ3v) is 3.10. The second-order valence-corrected chi connectivity index (χ2v) is 4.57. The fourth-order valence-electron chi connectivity index (χ4n) is 1.86. The molecule has 0 saturated carbocycles. The lowest BCUT2D eigenvalue weighted by molar-refractivity contribution is 0.306. The average molecular weight is 229 g/mol. The van der Waals surface area contributed by atoms with Gasteiger partial charge < -0.3 is 9.84 Å². The monoisotopic (exact) mass is 229 g/mol. The maximum absolute atomic E-state index is 5.26. The Morgan fingerprint density at radius 2 is 2.06 bits per heavy atom. The first-order valence-corrected chi connectivity index (χ1v) is 5.90. The predicted octanol–water partition coefficient (Wildman–Crippen LogP) is 1.66. The molecule has 0 bridgehead atoms. The van der Waals surface area contributed by atoms with E-state index >= 15 is 0 Å². The van der Waals surface area contributed by atoms with E-state index < -0.39 is 0 Å². The van der Waals surface area contributed by atoms with Crippen molar-refractivity contribution in [3.63, 3.8) is 0 Å². The van der Waals surface area contributed by atoms with E-state index in [0.717, 1.165) is 31.2 Å². The molecule has 3 rings (SSSR count). The van der Waals surface area contributed by atoms with Crippen LogP contribution in [-0.2, 0) is 6.42 Å². The molecule has 4 nitrogen and oxygen atoms in total. The van der Waals surface area contributed by atoms with Gasteiger partial charge in [0.15, 0.2) is 5.82 Å². The van der Waals surface area contributed by atoms with Crippen LogP contribution in [0.2, 0.25) is 0 Å². The molecule has 4 heteroatoms. The third-order valence-electron chi connectivity index (χ3n) is 3.10. The lowest BCUT2D eigenvalue weighted by Gasteiger charge is -2.22. The molecule has 1 aromatic heterocycles. The average Bonchev–Trinajstić information content (AvgIpc) is 2.67. The van der Waals surface area contributed by atoms with Gasteiger partial charge in [0.1, 0.15) is 0 Å². The van der Waals surface area contributed by atoms with Crippen LogP contribution in [0, 0.1) is 6.92 Å². The number of rotatable bonds is 3. The zero-order valence-corrected chi connectivity index (χ0v) is 9.81. The first-order chi connectivity index (χ1) is 8.31. The van der Waals surface area contributed by atoms with Crippen molar-refractivity contribution in [1.29, 1.82) is 0 Å². The van der Waals surface area contributed by atoms with E-state index in [0.29, 0.717) is 5.92 Å². The number of nitrogens with zero attached hydrogens (tertiary/aromatic N) is 2. The van der Waals surface area contributed by atoms with E-state index in [1.165, 1.54) is 11.1 Å². The zero-order chi connectivity index (χ0) is 11.7. The first kappa shape index (κ1) is 10.5. The summed E-state index contributed by atoms with van der Waals surface area (Å²) in [5, 5.41) is 7.22. The van der Waals surface area contributed by atoms with Gasteiger partial charge in [-0.25, -0.2) is 0 Å². The van der Waals surface area contributed by atoms with Crippen LogP contribution >= 0.6 is 0 Å². The third kappa shape index (κ3) is 2.22. The molecule has 0 unspecified atom stereocenters. The molecule has 0 radical (unpaired) electrons. The van der Waals surface area contributed by atoms with Crippen LogP contribution in [0.15, 0.2) is 28.8 Å². The molecule has 0 amide bonds. The lowest BCUT2D eigenvalue weighted by Crippen LogP contribution is -2.40. The highest BCUT2D eigenvalue weighted by molar-refractivity contribution is 5.23. The molecule has 17 heavy (non-hydrogen) atoms. The fraction of sp³-hybridized carbons (Fsp3) is 0.385. The predicted molar refractivity (Wildman–Crippen MR) is 63.9 cm³/mol. The molecular formula is C13H15N3O. The van der Waals surface area contributed by atoms with Crippen LogP contribution < -0.4 is 5.32 Å². The highest BCUT2D eigenvalue weighted by Gasteiger charge is 2.24. The molecule has 0 spiro atoms. The van der Waals surface area contributed by atoms with Crippen molar-refractivity contribution >= 4 is 0 Å². The minimum Gasteiger partial charge on any atom is -0.339 e. The Hall–Kier alpha value is -1.68. The number of nitrogens with one attached hydrogen (secondary N) is 1. The molecular weight excluding hydrogens is 214 g/mol. The lowest BCUT2D eigenvalue weighted by atomic mass is 10.0. The van der Waals surface area contributed by atoms with Gasteiger partial charge in [0, 0.05) is 19.5 Å². The minimum absolute atomic E-state index is 0.411. The first-order valence-electron chi connectivity index (χ1n) is 5.90. The summed E-state index contributed by atoms with van der Waals surface area (Å²) in [5.41, 5.74) is 2.48. The van der Waals surface area contributed by atoms with Crippen molar-refractivity contribution in [3.05, 3.63) is 47.1 Å². The molecule has 1 N–H and O–H groups in total. The summed E-state index contributed by atoms with van der Waals surface area (Å²) in [6.45, 7) is 3.98. The largest absolute Gasteiger partial charge is 0.339 e. The second kappa shape index (κ2) is 4.30. The van der Waals surface area contributed by atoms with Crippen LogP contribution in [-0.4, -0.2) is 23.2 Å². The molecule has 1 fully saturated rings. The molecule has 0 atom stereocenters. The summed E-state index contributed by atoms with van der Waals surface area (Å²) in [4.78, 5) is 4.43. The Kier molecular flexibility index (Phi) is 2.65. The van der Waals surface area contributed by atoms with Crippen molar-refractivity contribution in [3.8, 4) is 0 Å².